The van der Waals surface area contributed by atoms with Crippen molar-refractivity contribution >= 4 is 22.1 Å². The van der Waals surface area contributed by atoms with Crippen LogP contribution < -0.4 is 10.5 Å². The molecule has 4 nitrogen and oxygen atoms in total. The van der Waals surface area contributed by atoms with E-state index in [9.17, 15) is 4.39 Å². The Labute approximate surface area is 106 Å². The zero-order valence-corrected chi connectivity index (χ0v) is 10.4. The van der Waals surface area contributed by atoms with E-state index in [1.54, 1.807) is 22.7 Å². The third kappa shape index (κ3) is 1.53. The van der Waals surface area contributed by atoms with Crippen molar-refractivity contribution in [2.75, 3.05) is 12.8 Å². The van der Waals surface area contributed by atoms with Crippen LogP contribution in [0, 0.1) is 5.82 Å². The third-order valence-corrected chi connectivity index (χ3v) is 3.61. The number of nitrogens with zero attached hydrogens (tertiary/aromatic N) is 2. The van der Waals surface area contributed by atoms with E-state index in [0.717, 1.165) is 16.1 Å². The molecule has 0 atom stereocenters. The molecule has 2 heterocycles. The maximum atomic E-state index is 13.7. The lowest BCUT2D eigenvalue weighted by atomic mass is 10.1. The number of ether oxygens (including phenoxy) is 1. The molecular formula is C12H10FN3OS. The lowest BCUT2D eigenvalue weighted by Gasteiger charge is -2.05. The normalized spacial score (nSPS) is 11.0. The molecule has 3 aromatic rings. The van der Waals surface area contributed by atoms with Crippen molar-refractivity contribution in [2.45, 2.75) is 0 Å². The van der Waals surface area contributed by atoms with E-state index in [0.29, 0.717) is 5.95 Å². The maximum Gasteiger partial charge on any atom is 0.206 e. The van der Waals surface area contributed by atoms with Gasteiger partial charge in [-0.25, -0.2) is 9.37 Å². The number of rotatable bonds is 2. The van der Waals surface area contributed by atoms with Gasteiger partial charge in [0.1, 0.15) is 4.83 Å². The lowest BCUT2D eigenvalue weighted by Crippen LogP contribution is -1.95. The number of benzene rings is 1. The van der Waals surface area contributed by atoms with Crippen LogP contribution in [-0.2, 0) is 0 Å². The summed E-state index contributed by atoms with van der Waals surface area (Å²) in [6.45, 7) is 0. The summed E-state index contributed by atoms with van der Waals surface area (Å²) in [5, 5.41) is 1.93. The van der Waals surface area contributed by atoms with Gasteiger partial charge in [-0.2, -0.15) is 0 Å². The van der Waals surface area contributed by atoms with Crippen molar-refractivity contribution in [1.82, 2.24) is 9.38 Å². The monoisotopic (exact) mass is 263 g/mol. The van der Waals surface area contributed by atoms with Crippen LogP contribution in [0.2, 0.25) is 0 Å². The Hall–Kier alpha value is -2.08. The SMILES string of the molecule is COc1ccc(-c2csc3cnc(N)n23)cc1F. The molecule has 3 rings (SSSR count). The first-order valence-electron chi connectivity index (χ1n) is 5.25. The predicted molar refractivity (Wildman–Crippen MR) is 69.4 cm³/mol. The molecule has 1 aromatic carbocycles. The number of hydrogen-bond acceptors (Lipinski definition) is 4. The summed E-state index contributed by atoms with van der Waals surface area (Å²) in [4.78, 5) is 4.96. The Kier molecular flexibility index (Phi) is 2.45. The van der Waals surface area contributed by atoms with Gasteiger partial charge in [-0.15, -0.1) is 11.3 Å². The molecule has 0 unspecified atom stereocenters. The van der Waals surface area contributed by atoms with Crippen LogP contribution in [-0.4, -0.2) is 16.5 Å². The quantitative estimate of drug-likeness (QED) is 0.773. The fourth-order valence-corrected chi connectivity index (χ4v) is 2.75. The Morgan fingerprint density at radius 2 is 2.28 bits per heavy atom. The Balaban J connectivity index is 2.20. The van der Waals surface area contributed by atoms with Gasteiger partial charge in [0, 0.05) is 10.9 Å². The molecule has 0 aliphatic heterocycles. The van der Waals surface area contributed by atoms with Crippen molar-refractivity contribution in [3.63, 3.8) is 0 Å². The number of thiazole rings is 1. The summed E-state index contributed by atoms with van der Waals surface area (Å²) in [5.41, 5.74) is 7.36. The van der Waals surface area contributed by atoms with Crippen LogP contribution in [0.25, 0.3) is 16.1 Å². The minimum atomic E-state index is -0.395. The van der Waals surface area contributed by atoms with Crippen molar-refractivity contribution in [1.29, 1.82) is 0 Å². The van der Waals surface area contributed by atoms with Gasteiger partial charge in [-0.1, -0.05) is 0 Å². The highest BCUT2D eigenvalue weighted by molar-refractivity contribution is 7.16. The van der Waals surface area contributed by atoms with E-state index in [1.807, 2.05) is 5.38 Å². The Bertz CT molecular complexity index is 719. The predicted octanol–water partition coefficient (Wildman–Crippen LogP) is 2.79. The van der Waals surface area contributed by atoms with Gasteiger partial charge in [-0.3, -0.25) is 4.40 Å². The molecule has 0 spiro atoms. The first-order chi connectivity index (χ1) is 8.70. The summed E-state index contributed by atoms with van der Waals surface area (Å²) in [5.74, 6) is 0.231. The van der Waals surface area contributed by atoms with Gasteiger partial charge in [-0.05, 0) is 18.2 Å². The van der Waals surface area contributed by atoms with Gasteiger partial charge in [0.15, 0.2) is 11.6 Å². The second-order valence-corrected chi connectivity index (χ2v) is 4.65. The van der Waals surface area contributed by atoms with E-state index >= 15 is 0 Å². The summed E-state index contributed by atoms with van der Waals surface area (Å²) >= 11 is 1.51. The van der Waals surface area contributed by atoms with Gasteiger partial charge in [0.25, 0.3) is 0 Å². The summed E-state index contributed by atoms with van der Waals surface area (Å²) in [7, 11) is 1.44. The molecule has 0 aliphatic carbocycles. The van der Waals surface area contributed by atoms with E-state index in [-0.39, 0.29) is 5.75 Å². The van der Waals surface area contributed by atoms with E-state index in [2.05, 4.69) is 4.98 Å². The van der Waals surface area contributed by atoms with Crippen molar-refractivity contribution in [2.24, 2.45) is 0 Å². The van der Waals surface area contributed by atoms with Crippen molar-refractivity contribution in [3.05, 3.63) is 35.6 Å². The van der Waals surface area contributed by atoms with Gasteiger partial charge >= 0.3 is 0 Å². The molecule has 2 N–H and O–H groups in total. The minimum absolute atomic E-state index is 0.226. The number of fused-ring (bicyclic) bond motifs is 1. The highest BCUT2D eigenvalue weighted by Gasteiger charge is 2.12. The zero-order chi connectivity index (χ0) is 12.7. The van der Waals surface area contributed by atoms with E-state index in [4.69, 9.17) is 10.5 Å². The molecule has 0 amide bonds. The fourth-order valence-electron chi connectivity index (χ4n) is 1.87. The van der Waals surface area contributed by atoms with Crippen LogP contribution in [0.5, 0.6) is 5.75 Å². The summed E-state index contributed by atoms with van der Waals surface area (Å²) < 4.78 is 20.4. The van der Waals surface area contributed by atoms with Gasteiger partial charge in [0.05, 0.1) is 19.0 Å². The number of halogens is 1. The number of nitrogens with two attached hydrogens (primary N) is 1. The lowest BCUT2D eigenvalue weighted by molar-refractivity contribution is 0.386. The summed E-state index contributed by atoms with van der Waals surface area (Å²) in [6, 6.07) is 4.82. The Morgan fingerprint density at radius 3 is 3.00 bits per heavy atom. The van der Waals surface area contributed by atoms with Crippen molar-refractivity contribution in [3.8, 4) is 17.0 Å². The molecule has 0 bridgehead atoms. The van der Waals surface area contributed by atoms with Gasteiger partial charge in [0.2, 0.25) is 5.95 Å². The van der Waals surface area contributed by atoms with Crippen LogP contribution >= 0.6 is 11.3 Å². The molecule has 0 radical (unpaired) electrons. The van der Waals surface area contributed by atoms with Gasteiger partial charge < -0.3 is 10.5 Å². The van der Waals surface area contributed by atoms with E-state index < -0.39 is 5.82 Å². The van der Waals surface area contributed by atoms with Crippen LogP contribution in [0.15, 0.2) is 29.8 Å². The smallest absolute Gasteiger partial charge is 0.206 e. The third-order valence-electron chi connectivity index (χ3n) is 2.74. The molecule has 18 heavy (non-hydrogen) atoms. The second-order valence-electron chi connectivity index (χ2n) is 3.76. The number of imidazole rings is 1. The van der Waals surface area contributed by atoms with E-state index in [1.165, 1.54) is 24.5 Å². The minimum Gasteiger partial charge on any atom is -0.494 e. The standard InChI is InChI=1S/C12H10FN3OS/c1-17-10-3-2-7(4-8(10)13)9-6-18-11-5-15-12(14)16(9)11/h2-6H,1H3,(H2,14,15). The maximum absolute atomic E-state index is 13.7. The molecule has 6 heteroatoms. The zero-order valence-electron chi connectivity index (χ0n) is 9.55. The molecule has 2 aromatic heterocycles. The Morgan fingerprint density at radius 1 is 1.44 bits per heavy atom. The molecule has 0 fully saturated rings. The largest absolute Gasteiger partial charge is 0.494 e. The fraction of sp³-hybridized carbons (Fsp3) is 0.0833. The average molecular weight is 263 g/mol. The summed E-state index contributed by atoms with van der Waals surface area (Å²) in [6.07, 6.45) is 1.70. The number of aromatic nitrogens is 2. The number of methoxy groups -OCH3 is 1. The first kappa shape index (κ1) is 11.0. The number of hydrogen-bond donors (Lipinski definition) is 1. The molecule has 92 valence electrons. The van der Waals surface area contributed by atoms with Crippen LogP contribution in [0.4, 0.5) is 10.3 Å². The molecule has 0 aliphatic rings. The highest BCUT2D eigenvalue weighted by Crippen LogP contribution is 2.30. The molecule has 0 saturated carbocycles. The van der Waals surface area contributed by atoms with Crippen LogP contribution in [0.3, 0.4) is 0 Å². The average Bonchev–Trinajstić information content (AvgIpc) is 2.93. The highest BCUT2D eigenvalue weighted by atomic mass is 32.1. The first-order valence-corrected chi connectivity index (χ1v) is 6.13. The topological polar surface area (TPSA) is 52.5 Å². The second kappa shape index (κ2) is 3.99. The number of anilines is 1. The number of nitrogen functional groups attached to an aromatic ring is 1. The molecule has 0 saturated heterocycles. The van der Waals surface area contributed by atoms with Crippen molar-refractivity contribution < 1.29 is 9.13 Å². The molecular weight excluding hydrogens is 253 g/mol. The van der Waals surface area contributed by atoms with Crippen LogP contribution in [0.1, 0.15) is 0 Å².